The van der Waals surface area contributed by atoms with Crippen LogP contribution in [0, 0.1) is 0 Å². The summed E-state index contributed by atoms with van der Waals surface area (Å²) >= 11 is 0. The predicted molar refractivity (Wildman–Crippen MR) is 115 cm³/mol. The fourth-order valence-electron chi connectivity index (χ4n) is 4.21. The maximum atomic E-state index is 13.5. The number of carbonyl (C=O) groups excluding carboxylic acids is 1. The van der Waals surface area contributed by atoms with E-state index in [4.69, 9.17) is 4.74 Å². The van der Waals surface area contributed by atoms with Crippen molar-refractivity contribution < 1.29 is 22.7 Å². The number of rotatable bonds is 6. The van der Waals surface area contributed by atoms with Gasteiger partial charge in [0.25, 0.3) is 5.91 Å². The summed E-state index contributed by atoms with van der Waals surface area (Å²) in [5.74, 6) is 0.390. The molecule has 7 nitrogen and oxygen atoms in total. The average Bonchev–Trinajstić information content (AvgIpc) is 3.31. The summed E-state index contributed by atoms with van der Waals surface area (Å²) in [5, 5.41) is 11.4. The first-order valence-electron chi connectivity index (χ1n) is 10.6. The van der Waals surface area contributed by atoms with Crippen LogP contribution in [-0.4, -0.2) is 39.9 Å². The minimum atomic E-state index is -4.52. The Labute approximate surface area is 188 Å². The number of aromatic nitrogens is 3. The van der Waals surface area contributed by atoms with Gasteiger partial charge in [-0.1, -0.05) is 6.07 Å². The molecule has 0 bridgehead atoms. The van der Waals surface area contributed by atoms with Gasteiger partial charge in [-0.25, -0.2) is 0 Å². The van der Waals surface area contributed by atoms with Gasteiger partial charge in [0.05, 0.1) is 31.4 Å². The van der Waals surface area contributed by atoms with Crippen molar-refractivity contribution in [2.45, 2.75) is 31.6 Å². The summed E-state index contributed by atoms with van der Waals surface area (Å²) in [6.07, 6.45) is -1.61. The van der Waals surface area contributed by atoms with Gasteiger partial charge in [0.1, 0.15) is 12.2 Å². The molecule has 1 amide bonds. The average molecular weight is 457 g/mol. The van der Waals surface area contributed by atoms with Crippen molar-refractivity contribution in [2.75, 3.05) is 23.4 Å². The van der Waals surface area contributed by atoms with E-state index in [0.29, 0.717) is 31.7 Å². The molecule has 3 aromatic rings. The summed E-state index contributed by atoms with van der Waals surface area (Å²) in [6, 6.07) is 9.58. The number of anilines is 2. The van der Waals surface area contributed by atoms with Crippen molar-refractivity contribution in [3.63, 3.8) is 0 Å². The molecule has 33 heavy (non-hydrogen) atoms. The lowest BCUT2D eigenvalue weighted by molar-refractivity contribution is -0.138. The Hall–Kier alpha value is -3.40. The largest absolute Gasteiger partial charge is 0.416 e. The Morgan fingerprint density at radius 1 is 1.18 bits per heavy atom. The Kier molecular flexibility index (Phi) is 5.32. The summed E-state index contributed by atoms with van der Waals surface area (Å²) in [7, 11) is 1.87. The van der Waals surface area contributed by atoms with Crippen LogP contribution in [0.4, 0.5) is 24.5 Å². The molecule has 1 saturated heterocycles. The van der Waals surface area contributed by atoms with E-state index in [1.165, 1.54) is 17.0 Å². The summed E-state index contributed by atoms with van der Waals surface area (Å²) < 4.78 is 47.6. The number of alkyl halides is 3. The van der Waals surface area contributed by atoms with Gasteiger partial charge in [0.2, 0.25) is 0 Å². The van der Waals surface area contributed by atoms with Crippen LogP contribution in [0.1, 0.15) is 32.9 Å². The Balaban J connectivity index is 1.46. The van der Waals surface area contributed by atoms with Gasteiger partial charge in [-0.15, -0.1) is 10.2 Å². The first kappa shape index (κ1) is 21.4. The summed E-state index contributed by atoms with van der Waals surface area (Å²) in [6.45, 7) is 1.05. The van der Waals surface area contributed by atoms with Gasteiger partial charge in [0.15, 0.2) is 0 Å². The fourth-order valence-corrected chi connectivity index (χ4v) is 4.21. The van der Waals surface area contributed by atoms with Gasteiger partial charge in [-0.3, -0.25) is 4.79 Å². The molecular formula is C23H22F3N5O2. The summed E-state index contributed by atoms with van der Waals surface area (Å²) in [5.41, 5.74) is 1.64. The highest BCUT2D eigenvalue weighted by molar-refractivity contribution is 6.10. The van der Waals surface area contributed by atoms with E-state index in [-0.39, 0.29) is 23.7 Å². The molecule has 2 aliphatic rings. The number of hydrogen-bond donors (Lipinski definition) is 1. The number of halogens is 3. The first-order valence-corrected chi connectivity index (χ1v) is 10.6. The SMILES string of the molecule is Cn1cnnc1CCc1cc(NC2COC2)cc(N2Cc3c(cccc3C(F)(F)F)C2=O)c1. The molecule has 1 aromatic heterocycles. The van der Waals surface area contributed by atoms with Crippen LogP contribution in [0.25, 0.3) is 0 Å². The van der Waals surface area contributed by atoms with E-state index in [2.05, 4.69) is 15.5 Å². The lowest BCUT2D eigenvalue weighted by Crippen LogP contribution is -2.40. The molecule has 1 fully saturated rings. The zero-order valence-corrected chi connectivity index (χ0v) is 17.9. The summed E-state index contributed by atoms with van der Waals surface area (Å²) in [4.78, 5) is 14.5. The monoisotopic (exact) mass is 457 g/mol. The lowest BCUT2D eigenvalue weighted by Gasteiger charge is -2.29. The molecule has 2 aliphatic heterocycles. The van der Waals surface area contributed by atoms with Gasteiger partial charge in [-0.05, 0) is 47.9 Å². The van der Waals surface area contributed by atoms with Crippen LogP contribution >= 0.6 is 0 Å². The number of ether oxygens (including phenoxy) is 1. The van der Waals surface area contributed by atoms with Gasteiger partial charge < -0.3 is 19.5 Å². The number of carbonyl (C=O) groups is 1. The third kappa shape index (κ3) is 4.18. The molecule has 0 spiro atoms. The predicted octanol–water partition coefficient (Wildman–Crippen LogP) is 3.59. The zero-order chi connectivity index (χ0) is 23.2. The van der Waals surface area contributed by atoms with E-state index < -0.39 is 17.6 Å². The molecule has 0 unspecified atom stereocenters. The minimum Gasteiger partial charge on any atom is -0.378 e. The highest BCUT2D eigenvalue weighted by Crippen LogP contribution is 2.39. The van der Waals surface area contributed by atoms with Crippen molar-refractivity contribution in [3.8, 4) is 0 Å². The number of aryl methyl sites for hydroxylation is 3. The fraction of sp³-hybridized carbons (Fsp3) is 0.348. The van der Waals surface area contributed by atoms with Crippen molar-refractivity contribution >= 4 is 17.3 Å². The minimum absolute atomic E-state index is 0.0152. The lowest BCUT2D eigenvalue weighted by atomic mass is 10.0. The third-order valence-corrected chi connectivity index (χ3v) is 6.01. The molecule has 0 atom stereocenters. The quantitative estimate of drug-likeness (QED) is 0.613. The number of hydrogen-bond acceptors (Lipinski definition) is 5. The highest BCUT2D eigenvalue weighted by atomic mass is 19.4. The third-order valence-electron chi connectivity index (χ3n) is 6.01. The number of nitrogens with one attached hydrogen (secondary N) is 1. The molecule has 1 N–H and O–H groups in total. The maximum absolute atomic E-state index is 13.5. The van der Waals surface area contributed by atoms with Crippen LogP contribution in [0.2, 0.25) is 0 Å². The number of benzene rings is 2. The molecule has 10 heteroatoms. The maximum Gasteiger partial charge on any atom is 0.416 e. The highest BCUT2D eigenvalue weighted by Gasteiger charge is 2.39. The van der Waals surface area contributed by atoms with Gasteiger partial charge in [0, 0.05) is 30.4 Å². The molecule has 172 valence electrons. The number of amides is 1. The second-order valence-electron chi connectivity index (χ2n) is 8.35. The van der Waals surface area contributed by atoms with Crippen molar-refractivity contribution in [2.24, 2.45) is 7.05 Å². The second kappa shape index (κ2) is 8.18. The van der Waals surface area contributed by atoms with E-state index in [1.54, 1.807) is 12.4 Å². The van der Waals surface area contributed by atoms with Gasteiger partial charge in [-0.2, -0.15) is 13.2 Å². The van der Waals surface area contributed by atoms with E-state index in [9.17, 15) is 18.0 Å². The Morgan fingerprint density at radius 2 is 2.00 bits per heavy atom. The zero-order valence-electron chi connectivity index (χ0n) is 17.9. The molecule has 0 aliphatic carbocycles. The Bertz CT molecular complexity index is 1200. The van der Waals surface area contributed by atoms with Gasteiger partial charge >= 0.3 is 6.18 Å². The Morgan fingerprint density at radius 3 is 2.67 bits per heavy atom. The molecule has 2 aromatic carbocycles. The second-order valence-corrected chi connectivity index (χ2v) is 8.35. The number of nitrogens with zero attached hydrogens (tertiary/aromatic N) is 4. The van der Waals surface area contributed by atoms with E-state index in [1.807, 2.05) is 23.7 Å². The van der Waals surface area contributed by atoms with Crippen LogP contribution in [0.15, 0.2) is 42.7 Å². The smallest absolute Gasteiger partial charge is 0.378 e. The molecule has 0 radical (unpaired) electrons. The van der Waals surface area contributed by atoms with Crippen molar-refractivity contribution in [1.82, 2.24) is 14.8 Å². The molecule has 5 rings (SSSR count). The number of fused-ring (bicyclic) bond motifs is 1. The van der Waals surface area contributed by atoms with E-state index in [0.717, 1.165) is 23.1 Å². The normalized spacial score (nSPS) is 16.1. The topological polar surface area (TPSA) is 72.3 Å². The molecular weight excluding hydrogens is 435 g/mol. The standard InChI is InChI=1S/C23H22F3N5O2/c1-30-13-27-29-21(30)6-5-14-7-15(28-16-11-33-12-16)9-17(8-14)31-10-19-18(22(31)32)3-2-4-20(19)23(24,25)26/h2-4,7-9,13,16,28H,5-6,10-12H2,1H3. The molecule has 3 heterocycles. The first-order chi connectivity index (χ1) is 15.8. The van der Waals surface area contributed by atoms with Crippen LogP contribution in [0.3, 0.4) is 0 Å². The molecule has 0 saturated carbocycles. The van der Waals surface area contributed by atoms with Crippen LogP contribution in [0.5, 0.6) is 0 Å². The van der Waals surface area contributed by atoms with Crippen LogP contribution in [-0.2, 0) is 37.3 Å². The van der Waals surface area contributed by atoms with Crippen molar-refractivity contribution in [3.05, 3.63) is 70.8 Å². The van der Waals surface area contributed by atoms with Crippen molar-refractivity contribution in [1.29, 1.82) is 0 Å². The van der Waals surface area contributed by atoms with E-state index >= 15 is 0 Å². The van der Waals surface area contributed by atoms with Crippen LogP contribution < -0.4 is 10.2 Å².